The van der Waals surface area contributed by atoms with Crippen LogP contribution in [-0.4, -0.2) is 55.9 Å². The summed E-state index contributed by atoms with van der Waals surface area (Å²) in [6.45, 7) is 4.72. The molecule has 6 nitrogen and oxygen atoms in total. The monoisotopic (exact) mass is 345 g/mol. The minimum Gasteiger partial charge on any atom is -0.495 e. The maximum atomic E-state index is 12.4. The van der Waals surface area contributed by atoms with Crippen LogP contribution in [0.2, 0.25) is 0 Å². The summed E-state index contributed by atoms with van der Waals surface area (Å²) in [5.41, 5.74) is 1.78. The van der Waals surface area contributed by atoms with Crippen molar-refractivity contribution < 1.29 is 14.3 Å². The van der Waals surface area contributed by atoms with E-state index in [9.17, 15) is 4.79 Å². The molecule has 2 N–H and O–H groups in total. The Morgan fingerprint density at radius 2 is 2.16 bits per heavy atom. The average molecular weight is 345 g/mol. The van der Waals surface area contributed by atoms with E-state index in [1.54, 1.807) is 7.11 Å². The number of rotatable bonds is 4. The molecule has 2 amide bonds. The number of nitrogens with one attached hydrogen (secondary N) is 2. The van der Waals surface area contributed by atoms with Gasteiger partial charge in [0.1, 0.15) is 5.75 Å². The Bertz CT molecular complexity index is 647. The summed E-state index contributed by atoms with van der Waals surface area (Å²) in [7, 11) is 1.61. The number of fused-ring (bicyclic) bond motifs is 1. The second-order valence-electron chi connectivity index (χ2n) is 7.55. The predicted molar refractivity (Wildman–Crippen MR) is 96.1 cm³/mol. The lowest BCUT2D eigenvalue weighted by Crippen LogP contribution is -2.47. The Morgan fingerprint density at radius 3 is 2.92 bits per heavy atom. The molecule has 2 heterocycles. The molecule has 1 aliphatic carbocycles. The van der Waals surface area contributed by atoms with Gasteiger partial charge in [0.2, 0.25) is 0 Å². The standard InChI is InChI=1S/C19H27N3O3/c1-12-3-6-17(24-2)16(7-12)21-19(23)20-14-8-15-11-25-18(13-4-5-13)10-22(15)9-14/h3,6-7,13-15,18H,4-5,8-11H2,1-2H3,(H2,20,21,23)/t14-,15-,18+/m0/s1. The molecule has 0 spiro atoms. The van der Waals surface area contributed by atoms with Crippen LogP contribution in [0, 0.1) is 12.8 Å². The second-order valence-corrected chi connectivity index (χ2v) is 7.55. The lowest BCUT2D eigenvalue weighted by molar-refractivity contribution is -0.0581. The van der Waals surface area contributed by atoms with Crippen molar-refractivity contribution in [3.05, 3.63) is 23.8 Å². The highest BCUT2D eigenvalue weighted by atomic mass is 16.5. The van der Waals surface area contributed by atoms with Gasteiger partial charge in [0.15, 0.2) is 0 Å². The highest BCUT2D eigenvalue weighted by Crippen LogP contribution is 2.37. The Morgan fingerprint density at radius 1 is 1.32 bits per heavy atom. The highest BCUT2D eigenvalue weighted by Gasteiger charge is 2.42. The SMILES string of the molecule is COc1ccc(C)cc1NC(=O)N[C@H]1C[C@H]2CO[C@@H](C3CC3)CN2C1. The number of benzene rings is 1. The lowest BCUT2D eigenvalue weighted by Gasteiger charge is -2.35. The predicted octanol–water partition coefficient (Wildman–Crippen LogP) is 2.38. The van der Waals surface area contributed by atoms with Crippen LogP contribution >= 0.6 is 0 Å². The minimum atomic E-state index is -0.173. The third kappa shape index (κ3) is 3.75. The molecule has 0 bridgehead atoms. The summed E-state index contributed by atoms with van der Waals surface area (Å²) in [5.74, 6) is 1.44. The van der Waals surface area contributed by atoms with Crippen LogP contribution in [0.15, 0.2) is 18.2 Å². The number of urea groups is 1. The van der Waals surface area contributed by atoms with Crippen molar-refractivity contribution in [1.29, 1.82) is 0 Å². The van der Waals surface area contributed by atoms with Gasteiger partial charge in [-0.2, -0.15) is 0 Å². The van der Waals surface area contributed by atoms with Crippen molar-refractivity contribution in [3.8, 4) is 5.75 Å². The van der Waals surface area contributed by atoms with Gasteiger partial charge in [-0.3, -0.25) is 4.90 Å². The van der Waals surface area contributed by atoms with Gasteiger partial charge in [-0.05, 0) is 49.8 Å². The summed E-state index contributed by atoms with van der Waals surface area (Å²) in [5, 5.41) is 6.03. The maximum absolute atomic E-state index is 12.4. The first-order valence-corrected chi connectivity index (χ1v) is 9.20. The van der Waals surface area contributed by atoms with Crippen molar-refractivity contribution in [1.82, 2.24) is 10.2 Å². The molecule has 0 aromatic heterocycles. The first-order valence-electron chi connectivity index (χ1n) is 9.20. The molecule has 136 valence electrons. The van der Waals surface area contributed by atoms with Crippen molar-refractivity contribution in [3.63, 3.8) is 0 Å². The number of methoxy groups -OCH3 is 1. The fourth-order valence-corrected chi connectivity index (χ4v) is 4.02. The number of hydrogen-bond donors (Lipinski definition) is 2. The fourth-order valence-electron chi connectivity index (χ4n) is 4.02. The first-order chi connectivity index (χ1) is 12.1. The molecule has 2 saturated heterocycles. The number of hydrogen-bond acceptors (Lipinski definition) is 4. The lowest BCUT2D eigenvalue weighted by atomic mass is 10.1. The number of morpholine rings is 1. The molecule has 1 aromatic carbocycles. The molecule has 3 atom stereocenters. The number of carbonyl (C=O) groups is 1. The molecule has 3 aliphatic rings. The van der Waals surface area contributed by atoms with Crippen molar-refractivity contribution in [2.24, 2.45) is 5.92 Å². The molecule has 4 rings (SSSR count). The third-order valence-electron chi connectivity index (χ3n) is 5.53. The Labute approximate surface area is 148 Å². The topological polar surface area (TPSA) is 62.8 Å². The van der Waals surface area contributed by atoms with E-state index in [1.807, 2.05) is 25.1 Å². The van der Waals surface area contributed by atoms with Crippen LogP contribution in [0.1, 0.15) is 24.8 Å². The summed E-state index contributed by atoms with van der Waals surface area (Å²) < 4.78 is 11.3. The number of anilines is 1. The molecule has 6 heteroatoms. The maximum Gasteiger partial charge on any atom is 0.319 e. The fraction of sp³-hybridized carbons (Fsp3) is 0.632. The van der Waals surface area contributed by atoms with Crippen LogP contribution < -0.4 is 15.4 Å². The highest BCUT2D eigenvalue weighted by molar-refractivity contribution is 5.91. The second kappa shape index (κ2) is 6.84. The minimum absolute atomic E-state index is 0.169. The number of amides is 2. The normalized spacial score (nSPS) is 29.1. The molecular weight excluding hydrogens is 318 g/mol. The van der Waals surface area contributed by atoms with E-state index in [0.717, 1.165) is 37.6 Å². The number of aryl methyl sites for hydroxylation is 1. The number of carbonyl (C=O) groups excluding carboxylic acids is 1. The summed E-state index contributed by atoms with van der Waals surface area (Å²) in [4.78, 5) is 14.9. The van der Waals surface area contributed by atoms with Gasteiger partial charge in [-0.1, -0.05) is 6.07 Å². The van der Waals surface area contributed by atoms with Gasteiger partial charge < -0.3 is 20.1 Å². The van der Waals surface area contributed by atoms with E-state index in [1.165, 1.54) is 12.8 Å². The molecular formula is C19H27N3O3. The largest absolute Gasteiger partial charge is 0.495 e. The van der Waals surface area contributed by atoms with Crippen LogP contribution in [-0.2, 0) is 4.74 Å². The molecule has 0 radical (unpaired) electrons. The van der Waals surface area contributed by atoms with E-state index in [0.29, 0.717) is 23.6 Å². The molecule has 3 fully saturated rings. The van der Waals surface area contributed by atoms with Crippen LogP contribution in [0.3, 0.4) is 0 Å². The van der Waals surface area contributed by atoms with Gasteiger partial charge in [-0.15, -0.1) is 0 Å². The van der Waals surface area contributed by atoms with Gasteiger partial charge in [0.25, 0.3) is 0 Å². The van der Waals surface area contributed by atoms with E-state index in [2.05, 4.69) is 15.5 Å². The smallest absolute Gasteiger partial charge is 0.319 e. The molecule has 2 aliphatic heterocycles. The Hall–Kier alpha value is -1.79. The van der Waals surface area contributed by atoms with Gasteiger partial charge >= 0.3 is 6.03 Å². The molecule has 1 saturated carbocycles. The van der Waals surface area contributed by atoms with Crippen molar-refractivity contribution >= 4 is 11.7 Å². The Kier molecular flexibility index (Phi) is 4.56. The van der Waals surface area contributed by atoms with Gasteiger partial charge in [-0.25, -0.2) is 4.79 Å². The summed E-state index contributed by atoms with van der Waals surface area (Å²) in [6.07, 6.45) is 3.98. The van der Waals surface area contributed by atoms with E-state index in [-0.39, 0.29) is 12.1 Å². The zero-order chi connectivity index (χ0) is 17.4. The van der Waals surface area contributed by atoms with Crippen molar-refractivity contribution in [2.75, 3.05) is 32.1 Å². The van der Waals surface area contributed by atoms with Gasteiger partial charge in [0.05, 0.1) is 25.5 Å². The van der Waals surface area contributed by atoms with Crippen LogP contribution in [0.25, 0.3) is 0 Å². The van der Waals surface area contributed by atoms with Crippen molar-refractivity contribution in [2.45, 2.75) is 44.4 Å². The zero-order valence-electron chi connectivity index (χ0n) is 15.0. The van der Waals surface area contributed by atoms with E-state index >= 15 is 0 Å². The summed E-state index contributed by atoms with van der Waals surface area (Å²) >= 11 is 0. The van der Waals surface area contributed by atoms with E-state index < -0.39 is 0 Å². The molecule has 0 unspecified atom stereocenters. The quantitative estimate of drug-likeness (QED) is 0.879. The molecule has 25 heavy (non-hydrogen) atoms. The van der Waals surface area contributed by atoms with Crippen LogP contribution in [0.5, 0.6) is 5.75 Å². The van der Waals surface area contributed by atoms with Crippen LogP contribution in [0.4, 0.5) is 10.5 Å². The Balaban J connectivity index is 1.32. The third-order valence-corrected chi connectivity index (χ3v) is 5.53. The molecule has 1 aromatic rings. The first kappa shape index (κ1) is 16.7. The number of ether oxygens (including phenoxy) is 2. The van der Waals surface area contributed by atoms with E-state index in [4.69, 9.17) is 9.47 Å². The summed E-state index contributed by atoms with van der Waals surface area (Å²) in [6, 6.07) is 6.19. The van der Waals surface area contributed by atoms with Gasteiger partial charge in [0, 0.05) is 25.2 Å². The average Bonchev–Trinajstić information content (AvgIpc) is 3.35. The number of nitrogens with zero attached hydrogens (tertiary/aromatic N) is 1. The zero-order valence-corrected chi connectivity index (χ0v) is 15.0.